The number of aryl methyl sites for hydroxylation is 1. The van der Waals surface area contributed by atoms with Gasteiger partial charge in [0.2, 0.25) is 0 Å². The van der Waals surface area contributed by atoms with E-state index in [1.165, 1.54) is 6.20 Å². The molecule has 0 aromatic carbocycles. The van der Waals surface area contributed by atoms with Crippen molar-refractivity contribution in [1.82, 2.24) is 4.98 Å². The Morgan fingerprint density at radius 2 is 2.09 bits per heavy atom. The number of aliphatic hydroxyl groups is 1. The van der Waals surface area contributed by atoms with Crippen LogP contribution in [0.15, 0.2) is 6.20 Å². The fourth-order valence-electron chi connectivity index (χ4n) is 0.808. The molecular weight excluding hydrogens is 142 g/mol. The van der Waals surface area contributed by atoms with Crippen LogP contribution in [-0.4, -0.2) is 10.1 Å². The second-order valence-corrected chi connectivity index (χ2v) is 2.35. The highest BCUT2D eigenvalue weighted by Crippen LogP contribution is 2.20. The van der Waals surface area contributed by atoms with Crippen molar-refractivity contribution >= 4 is 11.4 Å². The Morgan fingerprint density at radius 3 is 2.64 bits per heavy atom. The molecule has 0 fully saturated rings. The van der Waals surface area contributed by atoms with Gasteiger partial charge in [0.05, 0.1) is 23.7 Å². The van der Waals surface area contributed by atoms with Crippen LogP contribution in [0.2, 0.25) is 0 Å². The maximum atomic E-state index is 8.76. The van der Waals surface area contributed by atoms with Gasteiger partial charge >= 0.3 is 0 Å². The first-order chi connectivity index (χ1) is 5.16. The lowest BCUT2D eigenvalue weighted by molar-refractivity contribution is 0.282. The van der Waals surface area contributed by atoms with Gasteiger partial charge in [0.25, 0.3) is 0 Å². The third-order valence-electron chi connectivity index (χ3n) is 1.61. The molecule has 0 aliphatic carbocycles. The molecular formula is C7H11N3O. The normalized spacial score (nSPS) is 10.0. The summed E-state index contributed by atoms with van der Waals surface area (Å²) in [4.78, 5) is 3.95. The van der Waals surface area contributed by atoms with E-state index in [4.69, 9.17) is 16.6 Å². The summed E-state index contributed by atoms with van der Waals surface area (Å²) in [6.07, 6.45) is 1.53. The highest BCUT2D eigenvalue weighted by molar-refractivity contribution is 5.68. The molecule has 1 heterocycles. The topological polar surface area (TPSA) is 85.2 Å². The monoisotopic (exact) mass is 153 g/mol. The predicted molar refractivity (Wildman–Crippen MR) is 43.7 cm³/mol. The van der Waals surface area contributed by atoms with Crippen molar-refractivity contribution in [2.24, 2.45) is 0 Å². The van der Waals surface area contributed by atoms with Crippen LogP contribution < -0.4 is 11.5 Å². The van der Waals surface area contributed by atoms with Crippen LogP contribution in [0.25, 0.3) is 0 Å². The van der Waals surface area contributed by atoms with Crippen molar-refractivity contribution in [2.45, 2.75) is 13.5 Å². The van der Waals surface area contributed by atoms with Gasteiger partial charge in [0, 0.05) is 11.8 Å². The number of rotatable bonds is 1. The van der Waals surface area contributed by atoms with Crippen molar-refractivity contribution in [2.75, 3.05) is 11.5 Å². The largest absolute Gasteiger partial charge is 0.397 e. The van der Waals surface area contributed by atoms with Gasteiger partial charge < -0.3 is 16.6 Å². The lowest BCUT2D eigenvalue weighted by Crippen LogP contribution is -2.03. The van der Waals surface area contributed by atoms with Crippen LogP contribution in [-0.2, 0) is 6.61 Å². The molecule has 0 bridgehead atoms. The molecule has 4 heteroatoms. The van der Waals surface area contributed by atoms with Gasteiger partial charge in [-0.1, -0.05) is 0 Å². The SMILES string of the molecule is Cc1ncc(CO)c(N)c1N. The average Bonchev–Trinajstić information content (AvgIpc) is 2.01. The smallest absolute Gasteiger partial charge is 0.0767 e. The molecule has 0 aliphatic rings. The van der Waals surface area contributed by atoms with Crippen molar-refractivity contribution in [1.29, 1.82) is 0 Å². The summed E-state index contributed by atoms with van der Waals surface area (Å²) in [7, 11) is 0. The second kappa shape index (κ2) is 2.75. The number of aliphatic hydroxyl groups excluding tert-OH is 1. The minimum absolute atomic E-state index is 0.122. The summed E-state index contributed by atoms with van der Waals surface area (Å²) < 4.78 is 0. The number of aromatic nitrogens is 1. The number of hydrogen-bond acceptors (Lipinski definition) is 4. The molecule has 0 atom stereocenters. The second-order valence-electron chi connectivity index (χ2n) is 2.35. The summed E-state index contributed by atoms with van der Waals surface area (Å²) in [6, 6.07) is 0. The lowest BCUT2D eigenvalue weighted by atomic mass is 10.2. The Labute approximate surface area is 64.9 Å². The first kappa shape index (κ1) is 7.81. The molecule has 5 N–H and O–H groups in total. The Kier molecular flexibility index (Phi) is 1.96. The van der Waals surface area contributed by atoms with Crippen LogP contribution in [0.4, 0.5) is 11.4 Å². The van der Waals surface area contributed by atoms with E-state index in [1.807, 2.05) is 0 Å². The Bertz CT molecular complexity index is 273. The van der Waals surface area contributed by atoms with E-state index >= 15 is 0 Å². The molecule has 11 heavy (non-hydrogen) atoms. The zero-order chi connectivity index (χ0) is 8.43. The highest BCUT2D eigenvalue weighted by Gasteiger charge is 2.04. The van der Waals surface area contributed by atoms with Crippen molar-refractivity contribution in [3.05, 3.63) is 17.5 Å². The summed E-state index contributed by atoms with van der Waals surface area (Å²) in [5, 5.41) is 8.76. The van der Waals surface area contributed by atoms with Gasteiger partial charge in [-0.15, -0.1) is 0 Å². The minimum Gasteiger partial charge on any atom is -0.397 e. The van der Waals surface area contributed by atoms with Gasteiger partial charge in [-0.05, 0) is 6.92 Å². The van der Waals surface area contributed by atoms with Crippen LogP contribution in [0, 0.1) is 6.92 Å². The van der Waals surface area contributed by atoms with Gasteiger partial charge in [0.1, 0.15) is 0 Å². The van der Waals surface area contributed by atoms with E-state index in [-0.39, 0.29) is 6.61 Å². The number of pyridine rings is 1. The number of nitrogen functional groups attached to an aromatic ring is 2. The van der Waals surface area contributed by atoms with Crippen molar-refractivity contribution < 1.29 is 5.11 Å². The fraction of sp³-hybridized carbons (Fsp3) is 0.286. The molecule has 0 radical (unpaired) electrons. The van der Waals surface area contributed by atoms with Crippen LogP contribution in [0.3, 0.4) is 0 Å². The Morgan fingerprint density at radius 1 is 1.45 bits per heavy atom. The third-order valence-corrected chi connectivity index (χ3v) is 1.61. The number of hydrogen-bond donors (Lipinski definition) is 3. The number of anilines is 2. The number of nitrogens with two attached hydrogens (primary N) is 2. The lowest BCUT2D eigenvalue weighted by Gasteiger charge is -2.06. The van der Waals surface area contributed by atoms with E-state index in [0.717, 1.165) is 0 Å². The van der Waals surface area contributed by atoms with E-state index in [2.05, 4.69) is 4.98 Å². The Balaban J connectivity index is 3.25. The molecule has 0 spiro atoms. The molecule has 4 nitrogen and oxygen atoms in total. The summed E-state index contributed by atoms with van der Waals surface area (Å²) in [6.45, 7) is 1.65. The van der Waals surface area contributed by atoms with Crippen LogP contribution in [0.5, 0.6) is 0 Å². The molecule has 1 aromatic rings. The van der Waals surface area contributed by atoms with Gasteiger partial charge in [0.15, 0.2) is 0 Å². The maximum Gasteiger partial charge on any atom is 0.0767 e. The molecule has 0 amide bonds. The summed E-state index contributed by atoms with van der Waals surface area (Å²) in [5.74, 6) is 0. The zero-order valence-electron chi connectivity index (χ0n) is 6.33. The zero-order valence-corrected chi connectivity index (χ0v) is 6.33. The van der Waals surface area contributed by atoms with Crippen LogP contribution in [0.1, 0.15) is 11.3 Å². The number of nitrogens with zero attached hydrogens (tertiary/aromatic N) is 1. The van der Waals surface area contributed by atoms with E-state index < -0.39 is 0 Å². The first-order valence-electron chi connectivity index (χ1n) is 3.27. The van der Waals surface area contributed by atoms with E-state index in [0.29, 0.717) is 22.6 Å². The molecule has 0 aliphatic heterocycles. The van der Waals surface area contributed by atoms with Crippen molar-refractivity contribution in [3.63, 3.8) is 0 Å². The van der Waals surface area contributed by atoms with Gasteiger partial charge in [-0.2, -0.15) is 0 Å². The molecule has 0 saturated heterocycles. The van der Waals surface area contributed by atoms with Gasteiger partial charge in [-0.3, -0.25) is 4.98 Å². The van der Waals surface area contributed by atoms with Crippen LogP contribution >= 0.6 is 0 Å². The minimum atomic E-state index is -0.122. The van der Waals surface area contributed by atoms with E-state index in [9.17, 15) is 0 Å². The molecule has 1 rings (SSSR count). The van der Waals surface area contributed by atoms with Gasteiger partial charge in [-0.25, -0.2) is 0 Å². The standard InChI is InChI=1S/C7H11N3O/c1-4-6(8)7(9)5(3-11)2-10-4/h2,11H,3,8H2,1H3,(H2,9,10). The first-order valence-corrected chi connectivity index (χ1v) is 3.27. The summed E-state index contributed by atoms with van der Waals surface area (Å²) in [5.41, 5.74) is 13.3. The molecule has 1 aromatic heterocycles. The van der Waals surface area contributed by atoms with Crippen molar-refractivity contribution in [3.8, 4) is 0 Å². The molecule has 60 valence electrons. The average molecular weight is 153 g/mol. The predicted octanol–water partition coefficient (Wildman–Crippen LogP) is 0.0467. The highest BCUT2D eigenvalue weighted by atomic mass is 16.3. The quantitative estimate of drug-likeness (QED) is 0.532. The third kappa shape index (κ3) is 1.25. The fourth-order valence-corrected chi connectivity index (χ4v) is 0.808. The summed E-state index contributed by atoms with van der Waals surface area (Å²) >= 11 is 0. The maximum absolute atomic E-state index is 8.76. The van der Waals surface area contributed by atoms with E-state index in [1.54, 1.807) is 6.92 Å². The molecule has 0 unspecified atom stereocenters. The Hall–Kier alpha value is -1.29. The molecule has 0 saturated carbocycles.